The van der Waals surface area contributed by atoms with E-state index in [1.807, 2.05) is 0 Å². The normalized spacial score (nSPS) is 12.9. The number of hydrogen-bond acceptors (Lipinski definition) is 3. The van der Waals surface area contributed by atoms with Crippen molar-refractivity contribution < 1.29 is 8.76 Å². The van der Waals surface area contributed by atoms with Gasteiger partial charge in [-0.3, -0.25) is 4.21 Å². The van der Waals surface area contributed by atoms with Crippen LogP contribution in [0, 0.1) is 0 Å². The standard InChI is InChI=1S/C6H6ClNO2S/c7-6-3-5(1-2-8-6)4-11(9)10/h1-3H,4H2,(H,9,10)/p-1. The topological polar surface area (TPSA) is 53.0 Å². The summed E-state index contributed by atoms with van der Waals surface area (Å²) in [4.78, 5) is 3.71. The quantitative estimate of drug-likeness (QED) is 0.519. The van der Waals surface area contributed by atoms with Gasteiger partial charge in [0, 0.05) is 11.9 Å². The average molecular weight is 191 g/mol. The summed E-state index contributed by atoms with van der Waals surface area (Å²) in [6, 6.07) is 3.14. The van der Waals surface area contributed by atoms with Crippen molar-refractivity contribution in [2.45, 2.75) is 5.75 Å². The lowest BCUT2D eigenvalue weighted by atomic mass is 10.3. The number of pyridine rings is 1. The van der Waals surface area contributed by atoms with Crippen LogP contribution in [0.3, 0.4) is 0 Å². The molecule has 0 radical (unpaired) electrons. The second-order valence-electron chi connectivity index (χ2n) is 1.93. The molecule has 1 atom stereocenters. The molecule has 0 bridgehead atoms. The van der Waals surface area contributed by atoms with Crippen molar-refractivity contribution in [1.29, 1.82) is 0 Å². The van der Waals surface area contributed by atoms with Gasteiger partial charge in [0.25, 0.3) is 0 Å². The molecule has 0 aliphatic rings. The SMILES string of the molecule is O=S([O-])Cc1ccnc(Cl)c1. The molecule has 0 saturated carbocycles. The number of nitrogens with zero attached hydrogens (tertiary/aromatic N) is 1. The molecule has 1 heterocycles. The van der Waals surface area contributed by atoms with Crippen molar-refractivity contribution in [3.05, 3.63) is 29.0 Å². The van der Waals surface area contributed by atoms with Crippen molar-refractivity contribution in [3.63, 3.8) is 0 Å². The Hall–Kier alpha value is -0.450. The predicted molar refractivity (Wildman–Crippen MR) is 41.9 cm³/mol. The van der Waals surface area contributed by atoms with E-state index in [1.54, 1.807) is 6.07 Å². The van der Waals surface area contributed by atoms with Gasteiger partial charge in [0.05, 0.1) is 0 Å². The molecule has 0 aliphatic heterocycles. The van der Waals surface area contributed by atoms with Gasteiger partial charge in [-0.1, -0.05) is 22.7 Å². The first kappa shape index (κ1) is 8.64. The lowest BCUT2D eigenvalue weighted by Crippen LogP contribution is -1.93. The third kappa shape index (κ3) is 2.96. The zero-order valence-corrected chi connectivity index (χ0v) is 7.06. The van der Waals surface area contributed by atoms with Gasteiger partial charge < -0.3 is 4.55 Å². The highest BCUT2D eigenvalue weighted by Crippen LogP contribution is 2.07. The van der Waals surface area contributed by atoms with Gasteiger partial charge in [0.2, 0.25) is 0 Å². The van der Waals surface area contributed by atoms with Crippen molar-refractivity contribution in [1.82, 2.24) is 4.98 Å². The molecule has 1 rings (SSSR count). The molecule has 0 fully saturated rings. The van der Waals surface area contributed by atoms with Crippen LogP contribution in [0.5, 0.6) is 0 Å². The van der Waals surface area contributed by atoms with Gasteiger partial charge in [0.1, 0.15) is 5.15 Å². The second-order valence-corrected chi connectivity index (χ2v) is 3.22. The molecule has 1 unspecified atom stereocenters. The van der Waals surface area contributed by atoms with E-state index < -0.39 is 11.1 Å². The van der Waals surface area contributed by atoms with Crippen LogP contribution in [0.1, 0.15) is 5.56 Å². The van der Waals surface area contributed by atoms with Crippen LogP contribution in [0.15, 0.2) is 18.3 Å². The molecule has 0 N–H and O–H groups in total. The van der Waals surface area contributed by atoms with E-state index in [0.717, 1.165) is 0 Å². The third-order valence-electron chi connectivity index (χ3n) is 1.08. The third-order valence-corrected chi connectivity index (χ3v) is 1.85. The monoisotopic (exact) mass is 190 g/mol. The first-order valence-corrected chi connectivity index (χ1v) is 4.47. The van der Waals surface area contributed by atoms with Crippen LogP contribution in [0.4, 0.5) is 0 Å². The molecule has 0 spiro atoms. The van der Waals surface area contributed by atoms with Gasteiger partial charge in [-0.05, 0) is 17.7 Å². The maximum absolute atomic E-state index is 10.2. The van der Waals surface area contributed by atoms with E-state index in [0.29, 0.717) is 10.7 Å². The zero-order chi connectivity index (χ0) is 8.27. The highest BCUT2D eigenvalue weighted by molar-refractivity contribution is 7.78. The number of aromatic nitrogens is 1. The average Bonchev–Trinajstić information content (AvgIpc) is 1.85. The fourth-order valence-electron chi connectivity index (χ4n) is 0.668. The summed E-state index contributed by atoms with van der Waals surface area (Å²) in [7, 11) is 0. The molecule has 5 heteroatoms. The van der Waals surface area contributed by atoms with Crippen LogP contribution in [-0.2, 0) is 16.8 Å². The van der Waals surface area contributed by atoms with Gasteiger partial charge in [-0.25, -0.2) is 4.98 Å². The summed E-state index contributed by atoms with van der Waals surface area (Å²) in [5.74, 6) is -0.0117. The lowest BCUT2D eigenvalue weighted by molar-refractivity contribution is 0.536. The fourth-order valence-corrected chi connectivity index (χ4v) is 1.32. The predicted octanol–water partition coefficient (Wildman–Crippen LogP) is 1.11. The number of rotatable bonds is 2. The number of hydrogen-bond donors (Lipinski definition) is 0. The minimum atomic E-state index is -2.06. The fraction of sp³-hybridized carbons (Fsp3) is 0.167. The molecule has 0 saturated heterocycles. The maximum atomic E-state index is 10.2. The molecule has 3 nitrogen and oxygen atoms in total. The van der Waals surface area contributed by atoms with Crippen molar-refractivity contribution >= 4 is 22.7 Å². The van der Waals surface area contributed by atoms with Crippen LogP contribution < -0.4 is 0 Å². The van der Waals surface area contributed by atoms with E-state index in [4.69, 9.17) is 11.6 Å². The Labute approximate surface area is 71.7 Å². The largest absolute Gasteiger partial charge is 0.772 e. The molecule has 1 aromatic heterocycles. The summed E-state index contributed by atoms with van der Waals surface area (Å²) in [5.41, 5.74) is 0.651. The Morgan fingerprint density at radius 3 is 3.00 bits per heavy atom. The van der Waals surface area contributed by atoms with Crippen LogP contribution in [0.2, 0.25) is 5.15 Å². The highest BCUT2D eigenvalue weighted by atomic mass is 35.5. The Bertz CT molecular complexity index is 279. The van der Waals surface area contributed by atoms with E-state index >= 15 is 0 Å². The Kier molecular flexibility index (Phi) is 2.99. The van der Waals surface area contributed by atoms with E-state index in [-0.39, 0.29) is 5.75 Å². The molecular formula is C6H5ClNO2S-. The second kappa shape index (κ2) is 3.80. The van der Waals surface area contributed by atoms with Crippen LogP contribution >= 0.6 is 11.6 Å². The summed E-state index contributed by atoms with van der Waals surface area (Å²) in [6.07, 6.45) is 1.48. The van der Waals surface area contributed by atoms with Crippen molar-refractivity contribution in [3.8, 4) is 0 Å². The molecule has 60 valence electrons. The minimum absolute atomic E-state index is 0.0117. The number of halogens is 1. The summed E-state index contributed by atoms with van der Waals surface area (Å²) < 4.78 is 20.4. The molecule has 11 heavy (non-hydrogen) atoms. The van der Waals surface area contributed by atoms with Crippen molar-refractivity contribution in [2.75, 3.05) is 0 Å². The van der Waals surface area contributed by atoms with Gasteiger partial charge in [-0.2, -0.15) is 0 Å². The molecule has 0 aromatic carbocycles. The Morgan fingerprint density at radius 2 is 2.45 bits per heavy atom. The Morgan fingerprint density at radius 1 is 1.73 bits per heavy atom. The minimum Gasteiger partial charge on any atom is -0.772 e. The maximum Gasteiger partial charge on any atom is 0.129 e. The van der Waals surface area contributed by atoms with Gasteiger partial charge >= 0.3 is 0 Å². The first-order valence-electron chi connectivity index (χ1n) is 2.85. The van der Waals surface area contributed by atoms with E-state index in [2.05, 4.69) is 4.98 Å². The zero-order valence-electron chi connectivity index (χ0n) is 5.49. The van der Waals surface area contributed by atoms with Gasteiger partial charge in [0.15, 0.2) is 0 Å². The van der Waals surface area contributed by atoms with E-state index in [1.165, 1.54) is 12.3 Å². The molecular weight excluding hydrogens is 186 g/mol. The first-order chi connectivity index (χ1) is 5.18. The summed E-state index contributed by atoms with van der Waals surface area (Å²) in [5, 5.41) is 0.313. The van der Waals surface area contributed by atoms with Crippen LogP contribution in [0.25, 0.3) is 0 Å². The van der Waals surface area contributed by atoms with Crippen LogP contribution in [-0.4, -0.2) is 13.7 Å². The van der Waals surface area contributed by atoms with E-state index in [9.17, 15) is 8.76 Å². The highest BCUT2D eigenvalue weighted by Gasteiger charge is 1.93. The van der Waals surface area contributed by atoms with Crippen molar-refractivity contribution in [2.24, 2.45) is 0 Å². The summed E-state index contributed by atoms with van der Waals surface area (Å²) >= 11 is 3.45. The molecule has 0 amide bonds. The lowest BCUT2D eigenvalue weighted by Gasteiger charge is -2.03. The smallest absolute Gasteiger partial charge is 0.129 e. The molecule has 1 aromatic rings. The summed E-state index contributed by atoms with van der Waals surface area (Å²) in [6.45, 7) is 0. The van der Waals surface area contributed by atoms with Gasteiger partial charge in [-0.15, -0.1) is 0 Å². The Balaban J connectivity index is 2.79. The molecule has 0 aliphatic carbocycles.